The molecule has 0 aliphatic carbocycles. The Labute approximate surface area is 111 Å². The van der Waals surface area contributed by atoms with Gasteiger partial charge in [0.15, 0.2) is 5.60 Å². The van der Waals surface area contributed by atoms with Crippen molar-refractivity contribution in [2.24, 2.45) is 5.73 Å². The van der Waals surface area contributed by atoms with Crippen LogP contribution < -0.4 is 5.73 Å². The number of rotatable bonds is 4. The minimum atomic E-state index is -0.962. The Hall–Kier alpha value is -2.04. The number of ether oxygens (including phenoxy) is 2. The maximum absolute atomic E-state index is 11.5. The topological polar surface area (TPSA) is 78.6 Å². The van der Waals surface area contributed by atoms with E-state index in [2.05, 4.69) is 0 Å². The van der Waals surface area contributed by atoms with Gasteiger partial charge in [0, 0.05) is 5.92 Å². The molecule has 1 amide bonds. The predicted octanol–water partition coefficient (Wildman–Crippen LogP) is 1.96. The van der Waals surface area contributed by atoms with E-state index in [1.165, 1.54) is 0 Å². The van der Waals surface area contributed by atoms with Gasteiger partial charge in [0.05, 0.1) is 0 Å². The first-order valence-electron chi connectivity index (χ1n) is 6.23. The van der Waals surface area contributed by atoms with Crippen LogP contribution in [0.2, 0.25) is 0 Å². The van der Waals surface area contributed by atoms with Gasteiger partial charge >= 0.3 is 12.1 Å². The molecule has 1 aromatic carbocycles. The van der Waals surface area contributed by atoms with E-state index in [1.54, 1.807) is 6.92 Å². The smallest absolute Gasteiger partial charge is 0.405 e. The molecule has 2 N–H and O–H groups in total. The Bertz CT molecular complexity index is 487. The highest BCUT2D eigenvalue weighted by molar-refractivity contribution is 5.85. The standard InChI is InChI=1S/C14H17NO4/c1-3-10(9-7-5-4-6-8-9)14(2)11(12(16)19-14)18-13(15)17/h4-8,10-11H,3H2,1-2H3,(H2,15,17)/t10?,11-,14-/m0/s1. The fraction of sp³-hybridized carbons (Fsp3) is 0.429. The van der Waals surface area contributed by atoms with Gasteiger partial charge in [0.25, 0.3) is 0 Å². The number of amides is 1. The van der Waals surface area contributed by atoms with Gasteiger partial charge in [-0.05, 0) is 18.9 Å². The van der Waals surface area contributed by atoms with Gasteiger partial charge in [-0.15, -0.1) is 0 Å². The minimum Gasteiger partial charge on any atom is -0.451 e. The lowest BCUT2D eigenvalue weighted by Crippen LogP contribution is -2.64. The van der Waals surface area contributed by atoms with E-state index in [0.717, 1.165) is 12.0 Å². The summed E-state index contributed by atoms with van der Waals surface area (Å²) in [5, 5.41) is 0. The van der Waals surface area contributed by atoms with Crippen LogP contribution in [0.1, 0.15) is 31.7 Å². The van der Waals surface area contributed by atoms with Crippen LogP contribution in [0.25, 0.3) is 0 Å². The Morgan fingerprint density at radius 3 is 2.58 bits per heavy atom. The summed E-state index contributed by atoms with van der Waals surface area (Å²) < 4.78 is 10.2. The molecule has 102 valence electrons. The number of esters is 1. The largest absolute Gasteiger partial charge is 0.451 e. The number of cyclic esters (lactones) is 1. The van der Waals surface area contributed by atoms with Crippen molar-refractivity contribution in [2.45, 2.75) is 37.9 Å². The second-order valence-electron chi connectivity index (χ2n) is 4.79. The van der Waals surface area contributed by atoms with Crippen LogP contribution in [0.5, 0.6) is 0 Å². The summed E-state index contributed by atoms with van der Waals surface area (Å²) in [6.45, 7) is 3.76. The molecular weight excluding hydrogens is 246 g/mol. The van der Waals surface area contributed by atoms with Crippen molar-refractivity contribution in [3.63, 3.8) is 0 Å². The Balaban J connectivity index is 2.27. The summed E-state index contributed by atoms with van der Waals surface area (Å²) in [7, 11) is 0. The van der Waals surface area contributed by atoms with Crippen molar-refractivity contribution in [3.8, 4) is 0 Å². The number of carbonyl (C=O) groups is 2. The summed E-state index contributed by atoms with van der Waals surface area (Å²) in [5.41, 5.74) is 5.18. The van der Waals surface area contributed by atoms with Gasteiger partial charge in [-0.1, -0.05) is 37.3 Å². The van der Waals surface area contributed by atoms with Crippen LogP contribution in [-0.4, -0.2) is 23.8 Å². The molecule has 1 aromatic rings. The summed E-state index contributed by atoms with van der Waals surface area (Å²) in [4.78, 5) is 22.4. The summed E-state index contributed by atoms with van der Waals surface area (Å²) in [5.74, 6) is -0.591. The van der Waals surface area contributed by atoms with Crippen LogP contribution in [0.3, 0.4) is 0 Å². The van der Waals surface area contributed by atoms with Crippen molar-refractivity contribution >= 4 is 12.1 Å². The van der Waals surface area contributed by atoms with Crippen LogP contribution in [0, 0.1) is 0 Å². The van der Waals surface area contributed by atoms with Crippen molar-refractivity contribution < 1.29 is 19.1 Å². The van der Waals surface area contributed by atoms with Crippen molar-refractivity contribution in [3.05, 3.63) is 35.9 Å². The second-order valence-corrected chi connectivity index (χ2v) is 4.79. The number of nitrogens with two attached hydrogens (primary N) is 1. The van der Waals surface area contributed by atoms with E-state index < -0.39 is 23.8 Å². The molecule has 0 bridgehead atoms. The lowest BCUT2D eigenvalue weighted by atomic mass is 9.74. The molecule has 0 saturated carbocycles. The fourth-order valence-corrected chi connectivity index (χ4v) is 2.69. The van der Waals surface area contributed by atoms with Crippen molar-refractivity contribution in [2.75, 3.05) is 0 Å². The molecule has 5 heteroatoms. The van der Waals surface area contributed by atoms with E-state index in [1.807, 2.05) is 37.3 Å². The number of benzene rings is 1. The second kappa shape index (κ2) is 4.91. The third kappa shape index (κ3) is 2.28. The van der Waals surface area contributed by atoms with E-state index in [-0.39, 0.29) is 5.92 Å². The number of hydrogen-bond acceptors (Lipinski definition) is 4. The van der Waals surface area contributed by atoms with Gasteiger partial charge < -0.3 is 15.2 Å². The zero-order chi connectivity index (χ0) is 14.0. The summed E-state index contributed by atoms with van der Waals surface area (Å²) in [6, 6.07) is 9.69. The summed E-state index contributed by atoms with van der Waals surface area (Å²) in [6.07, 6.45) is -1.14. The number of hydrogen-bond donors (Lipinski definition) is 1. The van der Waals surface area contributed by atoms with Crippen molar-refractivity contribution in [1.29, 1.82) is 0 Å². The summed E-state index contributed by atoms with van der Waals surface area (Å²) >= 11 is 0. The molecule has 0 aromatic heterocycles. The molecular formula is C14H17NO4. The number of carbonyl (C=O) groups excluding carboxylic acids is 2. The molecule has 1 aliphatic heterocycles. The van der Waals surface area contributed by atoms with Gasteiger partial charge in [-0.2, -0.15) is 0 Å². The van der Waals surface area contributed by atoms with Crippen LogP contribution in [-0.2, 0) is 14.3 Å². The molecule has 19 heavy (non-hydrogen) atoms. The zero-order valence-electron chi connectivity index (χ0n) is 11.0. The Morgan fingerprint density at radius 1 is 1.47 bits per heavy atom. The molecule has 1 aliphatic rings. The molecule has 2 rings (SSSR count). The predicted molar refractivity (Wildman–Crippen MR) is 68.4 cm³/mol. The van der Waals surface area contributed by atoms with Crippen molar-refractivity contribution in [1.82, 2.24) is 0 Å². The molecule has 0 spiro atoms. The molecule has 0 radical (unpaired) electrons. The Kier molecular flexibility index (Phi) is 3.46. The van der Waals surface area contributed by atoms with E-state index in [0.29, 0.717) is 0 Å². The quantitative estimate of drug-likeness (QED) is 0.842. The first kappa shape index (κ1) is 13.4. The molecule has 5 nitrogen and oxygen atoms in total. The fourth-order valence-electron chi connectivity index (χ4n) is 2.69. The maximum atomic E-state index is 11.5. The zero-order valence-corrected chi connectivity index (χ0v) is 11.0. The van der Waals surface area contributed by atoms with Crippen LogP contribution in [0.15, 0.2) is 30.3 Å². The van der Waals surface area contributed by atoms with Gasteiger partial charge in [-0.25, -0.2) is 9.59 Å². The highest BCUT2D eigenvalue weighted by Gasteiger charge is 2.60. The molecule has 1 saturated heterocycles. The average Bonchev–Trinajstić information content (AvgIpc) is 2.38. The highest BCUT2D eigenvalue weighted by Crippen LogP contribution is 2.44. The maximum Gasteiger partial charge on any atom is 0.405 e. The SMILES string of the molecule is CCC(c1ccccc1)[C@]1(C)OC(=O)[C@@H]1OC(N)=O. The van der Waals surface area contributed by atoms with Gasteiger partial charge in [0.1, 0.15) is 0 Å². The third-order valence-corrected chi connectivity index (χ3v) is 3.59. The van der Waals surface area contributed by atoms with Crippen LogP contribution in [0.4, 0.5) is 4.79 Å². The lowest BCUT2D eigenvalue weighted by molar-refractivity contribution is -0.230. The normalized spacial score (nSPS) is 27.1. The molecule has 3 atom stereocenters. The first-order valence-corrected chi connectivity index (χ1v) is 6.23. The minimum absolute atomic E-state index is 0.0456. The molecule has 1 fully saturated rings. The molecule has 1 heterocycles. The monoisotopic (exact) mass is 263 g/mol. The van der Waals surface area contributed by atoms with Gasteiger partial charge in [-0.3, -0.25) is 0 Å². The molecule has 1 unspecified atom stereocenters. The average molecular weight is 263 g/mol. The van der Waals surface area contributed by atoms with E-state index in [4.69, 9.17) is 15.2 Å². The van der Waals surface area contributed by atoms with Crippen LogP contribution >= 0.6 is 0 Å². The lowest BCUT2D eigenvalue weighted by Gasteiger charge is -2.48. The van der Waals surface area contributed by atoms with E-state index in [9.17, 15) is 9.59 Å². The van der Waals surface area contributed by atoms with Gasteiger partial charge in [0.2, 0.25) is 6.10 Å². The highest BCUT2D eigenvalue weighted by atomic mass is 16.7. The third-order valence-electron chi connectivity index (χ3n) is 3.59. The van der Waals surface area contributed by atoms with E-state index >= 15 is 0 Å². The first-order chi connectivity index (χ1) is 8.99. The number of primary amides is 1. The Morgan fingerprint density at radius 2 is 2.11 bits per heavy atom.